The first-order valence-corrected chi connectivity index (χ1v) is 10.8. The molecule has 2 aromatic heterocycles. The summed E-state index contributed by atoms with van der Waals surface area (Å²) in [5.74, 6) is 1.84. The van der Waals surface area contributed by atoms with Crippen molar-refractivity contribution in [2.45, 2.75) is 31.8 Å². The highest BCUT2D eigenvalue weighted by Gasteiger charge is 2.22. The molecule has 3 fully saturated rings. The van der Waals surface area contributed by atoms with Crippen LogP contribution in [-0.4, -0.2) is 83.6 Å². The Labute approximate surface area is 175 Å². The molecule has 160 valence electrons. The van der Waals surface area contributed by atoms with Crippen molar-refractivity contribution in [2.75, 3.05) is 62.4 Å². The van der Waals surface area contributed by atoms with E-state index >= 15 is 0 Å². The molecule has 2 aliphatic heterocycles. The lowest BCUT2D eigenvalue weighted by Crippen LogP contribution is -2.40. The first-order valence-electron chi connectivity index (χ1n) is 10.8. The number of hydrogen-bond acceptors (Lipinski definition) is 10. The quantitative estimate of drug-likeness (QED) is 0.714. The number of nitrogens with zero attached hydrogens (tertiary/aromatic N) is 7. The third kappa shape index (κ3) is 4.44. The number of aromatic nitrogens is 5. The fourth-order valence-electron chi connectivity index (χ4n) is 3.96. The summed E-state index contributed by atoms with van der Waals surface area (Å²) in [6.45, 7) is 5.69. The van der Waals surface area contributed by atoms with Crippen LogP contribution in [-0.2, 0) is 9.47 Å². The second-order valence-electron chi connectivity index (χ2n) is 7.71. The Hall–Kier alpha value is -2.59. The van der Waals surface area contributed by atoms with Crippen LogP contribution < -0.4 is 14.5 Å². The predicted octanol–water partition coefficient (Wildman–Crippen LogP) is 1.32. The summed E-state index contributed by atoms with van der Waals surface area (Å²) in [7, 11) is 0. The number of morpholine rings is 2. The van der Waals surface area contributed by atoms with E-state index in [4.69, 9.17) is 29.2 Å². The molecular weight excluding hydrogens is 386 g/mol. The van der Waals surface area contributed by atoms with E-state index in [2.05, 4.69) is 19.8 Å². The van der Waals surface area contributed by atoms with Gasteiger partial charge in [0.05, 0.1) is 26.4 Å². The molecule has 2 aromatic rings. The van der Waals surface area contributed by atoms with Crippen LogP contribution in [0.4, 0.5) is 11.9 Å². The minimum absolute atomic E-state index is 0.200. The third-order valence-electron chi connectivity index (χ3n) is 5.64. The Morgan fingerprint density at radius 1 is 0.800 bits per heavy atom. The van der Waals surface area contributed by atoms with E-state index < -0.39 is 0 Å². The zero-order valence-electron chi connectivity index (χ0n) is 17.1. The summed E-state index contributed by atoms with van der Waals surface area (Å²) in [5.41, 5.74) is 0.643. The highest BCUT2D eigenvalue weighted by molar-refractivity contribution is 5.54. The Balaban J connectivity index is 1.46. The first-order chi connectivity index (χ1) is 14.8. The molecule has 2 saturated heterocycles. The smallest absolute Gasteiger partial charge is 0.317 e. The lowest BCUT2D eigenvalue weighted by atomic mass is 10.3. The zero-order chi connectivity index (χ0) is 20.2. The van der Waals surface area contributed by atoms with Gasteiger partial charge in [-0.1, -0.05) is 0 Å². The number of rotatable bonds is 5. The van der Waals surface area contributed by atoms with Crippen LogP contribution in [0.3, 0.4) is 0 Å². The van der Waals surface area contributed by atoms with E-state index in [1.165, 1.54) is 12.8 Å². The maximum absolute atomic E-state index is 5.98. The van der Waals surface area contributed by atoms with Crippen LogP contribution in [0.25, 0.3) is 11.5 Å². The van der Waals surface area contributed by atoms with Crippen molar-refractivity contribution < 1.29 is 14.2 Å². The summed E-state index contributed by atoms with van der Waals surface area (Å²) >= 11 is 0. The normalized spacial score (nSPS) is 20.5. The molecule has 0 amide bonds. The molecule has 10 heteroatoms. The second-order valence-corrected chi connectivity index (χ2v) is 7.71. The van der Waals surface area contributed by atoms with Crippen LogP contribution in [0.1, 0.15) is 25.7 Å². The van der Waals surface area contributed by atoms with Crippen molar-refractivity contribution in [3.8, 4) is 17.5 Å². The molecule has 0 bridgehead atoms. The van der Waals surface area contributed by atoms with Crippen molar-refractivity contribution in [3.05, 3.63) is 12.3 Å². The van der Waals surface area contributed by atoms with Crippen molar-refractivity contribution in [3.63, 3.8) is 0 Å². The number of hydrogen-bond donors (Lipinski definition) is 0. The maximum atomic E-state index is 5.98. The van der Waals surface area contributed by atoms with E-state index in [0.29, 0.717) is 55.9 Å². The molecule has 1 saturated carbocycles. The van der Waals surface area contributed by atoms with Gasteiger partial charge in [0, 0.05) is 32.4 Å². The van der Waals surface area contributed by atoms with Gasteiger partial charge in [0.1, 0.15) is 11.8 Å². The van der Waals surface area contributed by atoms with Crippen molar-refractivity contribution in [2.24, 2.45) is 0 Å². The van der Waals surface area contributed by atoms with Gasteiger partial charge in [0.2, 0.25) is 11.9 Å². The molecule has 0 radical (unpaired) electrons. The Bertz CT molecular complexity index is 814. The highest BCUT2D eigenvalue weighted by atomic mass is 16.5. The van der Waals surface area contributed by atoms with Gasteiger partial charge in [-0.2, -0.15) is 19.9 Å². The molecule has 1 aliphatic carbocycles. The van der Waals surface area contributed by atoms with E-state index in [9.17, 15) is 0 Å². The molecular formula is C20H27N7O3. The van der Waals surface area contributed by atoms with Gasteiger partial charge in [-0.15, -0.1) is 0 Å². The summed E-state index contributed by atoms with van der Waals surface area (Å²) in [6, 6.07) is 2.21. The Morgan fingerprint density at radius 2 is 1.40 bits per heavy atom. The van der Waals surface area contributed by atoms with Gasteiger partial charge >= 0.3 is 6.01 Å². The summed E-state index contributed by atoms with van der Waals surface area (Å²) in [6.07, 6.45) is 6.42. The van der Waals surface area contributed by atoms with Gasteiger partial charge in [0.25, 0.3) is 0 Å². The lowest BCUT2D eigenvalue weighted by molar-refractivity contribution is 0.121. The fourth-order valence-corrected chi connectivity index (χ4v) is 3.96. The van der Waals surface area contributed by atoms with Gasteiger partial charge in [-0.3, -0.25) is 0 Å². The van der Waals surface area contributed by atoms with Gasteiger partial charge in [-0.25, -0.2) is 4.98 Å². The standard InChI is InChI=1S/C20H27N7O3/c1-2-4-15(3-1)30-20-21-6-5-16(22-20)17-23-18(26-7-11-28-12-8-26)25-19(24-17)27-9-13-29-14-10-27/h5-6,15H,1-4,7-14H2. The minimum atomic E-state index is 0.200. The lowest BCUT2D eigenvalue weighted by Gasteiger charge is -2.30. The van der Waals surface area contributed by atoms with E-state index in [0.717, 1.165) is 39.0 Å². The highest BCUT2D eigenvalue weighted by Crippen LogP contribution is 2.25. The van der Waals surface area contributed by atoms with Crippen LogP contribution in [0.5, 0.6) is 6.01 Å². The second kappa shape index (κ2) is 9.05. The zero-order valence-corrected chi connectivity index (χ0v) is 17.1. The van der Waals surface area contributed by atoms with Crippen molar-refractivity contribution in [1.82, 2.24) is 24.9 Å². The molecule has 0 aromatic carbocycles. The molecule has 0 atom stereocenters. The number of ether oxygens (including phenoxy) is 3. The molecule has 10 nitrogen and oxygen atoms in total. The maximum Gasteiger partial charge on any atom is 0.317 e. The van der Waals surface area contributed by atoms with E-state index in [-0.39, 0.29) is 6.10 Å². The molecule has 0 unspecified atom stereocenters. The molecule has 4 heterocycles. The summed E-state index contributed by atoms with van der Waals surface area (Å²) in [4.78, 5) is 27.4. The predicted molar refractivity (Wildman–Crippen MR) is 110 cm³/mol. The van der Waals surface area contributed by atoms with Crippen LogP contribution in [0.15, 0.2) is 12.3 Å². The first kappa shape index (κ1) is 19.4. The molecule has 5 rings (SSSR count). The van der Waals surface area contributed by atoms with Crippen molar-refractivity contribution >= 4 is 11.9 Å². The monoisotopic (exact) mass is 413 g/mol. The number of anilines is 2. The summed E-state index contributed by atoms with van der Waals surface area (Å²) in [5, 5.41) is 0. The van der Waals surface area contributed by atoms with Gasteiger partial charge < -0.3 is 24.0 Å². The Kier molecular flexibility index (Phi) is 5.85. The third-order valence-corrected chi connectivity index (χ3v) is 5.64. The average Bonchev–Trinajstić information content (AvgIpc) is 3.33. The van der Waals surface area contributed by atoms with Gasteiger partial charge in [0.15, 0.2) is 5.82 Å². The van der Waals surface area contributed by atoms with Crippen LogP contribution in [0.2, 0.25) is 0 Å². The van der Waals surface area contributed by atoms with E-state index in [1.54, 1.807) is 6.20 Å². The molecule has 3 aliphatic rings. The average molecular weight is 413 g/mol. The molecule has 0 spiro atoms. The van der Waals surface area contributed by atoms with Crippen LogP contribution >= 0.6 is 0 Å². The van der Waals surface area contributed by atoms with E-state index in [1.807, 2.05) is 6.07 Å². The van der Waals surface area contributed by atoms with Gasteiger partial charge in [-0.05, 0) is 31.7 Å². The largest absolute Gasteiger partial charge is 0.460 e. The summed E-state index contributed by atoms with van der Waals surface area (Å²) < 4.78 is 17.0. The topological polar surface area (TPSA) is 98.6 Å². The molecule has 0 N–H and O–H groups in total. The fraction of sp³-hybridized carbons (Fsp3) is 0.650. The minimum Gasteiger partial charge on any atom is -0.460 e. The molecule has 30 heavy (non-hydrogen) atoms. The van der Waals surface area contributed by atoms with Crippen molar-refractivity contribution in [1.29, 1.82) is 0 Å². The van der Waals surface area contributed by atoms with Crippen LogP contribution in [0, 0.1) is 0 Å². The SMILES string of the molecule is c1cc(-c2nc(N3CCOCC3)nc(N3CCOCC3)n2)nc(OC2CCCC2)n1. The Morgan fingerprint density at radius 3 is 2.00 bits per heavy atom.